The van der Waals surface area contributed by atoms with Crippen LogP contribution >= 0.6 is 23.4 Å². The van der Waals surface area contributed by atoms with Gasteiger partial charge in [-0.3, -0.25) is 0 Å². The molecule has 1 nitrogen and oxygen atoms in total. The molecule has 0 aromatic heterocycles. The summed E-state index contributed by atoms with van der Waals surface area (Å²) in [5.74, 6) is 1.24. The van der Waals surface area contributed by atoms with Crippen molar-refractivity contribution in [2.75, 3.05) is 25.1 Å². The van der Waals surface area contributed by atoms with Crippen molar-refractivity contribution in [3.05, 3.63) is 0 Å². The van der Waals surface area contributed by atoms with Crippen LogP contribution in [0.15, 0.2) is 0 Å². The highest BCUT2D eigenvalue weighted by Gasteiger charge is 2.15. The Kier molecular flexibility index (Phi) is 8.17. The quantitative estimate of drug-likeness (QED) is 0.538. The van der Waals surface area contributed by atoms with Crippen LogP contribution in [-0.2, 0) is 0 Å². The fourth-order valence-corrected chi connectivity index (χ4v) is 2.34. The van der Waals surface area contributed by atoms with Crippen molar-refractivity contribution in [2.24, 2.45) is 5.41 Å². The van der Waals surface area contributed by atoms with Crippen LogP contribution in [0.5, 0.6) is 0 Å². The Balaban J connectivity index is 3.31. The number of nitrogens with one attached hydrogen (secondary N) is 1. The third-order valence-electron chi connectivity index (χ3n) is 1.90. The predicted molar refractivity (Wildman–Crippen MR) is 69.6 cm³/mol. The van der Waals surface area contributed by atoms with Crippen LogP contribution in [0.2, 0.25) is 0 Å². The highest BCUT2D eigenvalue weighted by molar-refractivity contribution is 7.98. The van der Waals surface area contributed by atoms with Gasteiger partial charge < -0.3 is 5.32 Å². The normalized spacial score (nSPS) is 14.4. The van der Waals surface area contributed by atoms with E-state index in [1.54, 1.807) is 0 Å². The molecule has 0 saturated heterocycles. The van der Waals surface area contributed by atoms with Crippen molar-refractivity contribution in [1.82, 2.24) is 5.32 Å². The number of alkyl halides is 1. The molecule has 0 rings (SSSR count). The Labute approximate surface area is 98.4 Å². The van der Waals surface area contributed by atoms with Crippen LogP contribution in [0, 0.1) is 5.41 Å². The lowest BCUT2D eigenvalue weighted by Gasteiger charge is -2.22. The van der Waals surface area contributed by atoms with Crippen LogP contribution < -0.4 is 5.32 Å². The summed E-state index contributed by atoms with van der Waals surface area (Å²) < 4.78 is 0. The maximum atomic E-state index is 6.21. The van der Waals surface area contributed by atoms with E-state index in [0.29, 0.717) is 5.41 Å². The smallest absolute Gasteiger partial charge is 0.0465 e. The standard InChI is InChI=1S/C11H24ClNS/c1-11(2,3)8-10(12)9-13-6-5-7-14-4/h10,13H,5-9H2,1-4H3. The Hall–Kier alpha value is 0.600. The van der Waals surface area contributed by atoms with Gasteiger partial charge in [-0.2, -0.15) is 11.8 Å². The third-order valence-corrected chi connectivity index (χ3v) is 2.91. The van der Waals surface area contributed by atoms with Gasteiger partial charge in [0.15, 0.2) is 0 Å². The van der Waals surface area contributed by atoms with Crippen LogP contribution in [0.1, 0.15) is 33.6 Å². The van der Waals surface area contributed by atoms with E-state index in [4.69, 9.17) is 11.6 Å². The molecule has 1 unspecified atom stereocenters. The minimum Gasteiger partial charge on any atom is -0.315 e. The van der Waals surface area contributed by atoms with Crippen LogP contribution in [0.25, 0.3) is 0 Å². The first kappa shape index (κ1) is 14.6. The average Bonchev–Trinajstić information content (AvgIpc) is 2.00. The summed E-state index contributed by atoms with van der Waals surface area (Å²) in [6, 6.07) is 0. The van der Waals surface area contributed by atoms with Gasteiger partial charge in [0, 0.05) is 11.9 Å². The molecule has 0 saturated carbocycles. The molecule has 0 fully saturated rings. The highest BCUT2D eigenvalue weighted by atomic mass is 35.5. The van der Waals surface area contributed by atoms with E-state index in [-0.39, 0.29) is 5.38 Å². The molecule has 0 radical (unpaired) electrons. The van der Waals surface area contributed by atoms with Crippen molar-refractivity contribution >= 4 is 23.4 Å². The Bertz CT molecular complexity index is 134. The van der Waals surface area contributed by atoms with Gasteiger partial charge in [0.1, 0.15) is 0 Å². The largest absolute Gasteiger partial charge is 0.315 e. The molecule has 0 aliphatic rings. The molecule has 0 amide bonds. The maximum absolute atomic E-state index is 6.21. The van der Waals surface area contributed by atoms with Crippen molar-refractivity contribution in [3.63, 3.8) is 0 Å². The lowest BCUT2D eigenvalue weighted by atomic mass is 9.90. The molecule has 14 heavy (non-hydrogen) atoms. The van der Waals surface area contributed by atoms with E-state index in [1.807, 2.05) is 11.8 Å². The highest BCUT2D eigenvalue weighted by Crippen LogP contribution is 2.23. The summed E-state index contributed by atoms with van der Waals surface area (Å²) >= 11 is 8.11. The van der Waals surface area contributed by atoms with Crippen molar-refractivity contribution in [3.8, 4) is 0 Å². The fraction of sp³-hybridized carbons (Fsp3) is 1.00. The van der Waals surface area contributed by atoms with Crippen LogP contribution in [-0.4, -0.2) is 30.5 Å². The molecular weight excluding hydrogens is 214 g/mol. The molecule has 0 aromatic carbocycles. The SMILES string of the molecule is CSCCCNCC(Cl)CC(C)(C)C. The van der Waals surface area contributed by atoms with Crippen molar-refractivity contribution < 1.29 is 0 Å². The molecule has 86 valence electrons. The van der Waals surface area contributed by atoms with Gasteiger partial charge in [0.05, 0.1) is 0 Å². The fourth-order valence-electron chi connectivity index (χ4n) is 1.34. The third kappa shape index (κ3) is 10.7. The van der Waals surface area contributed by atoms with E-state index in [9.17, 15) is 0 Å². The van der Waals surface area contributed by atoms with Gasteiger partial charge in [0.25, 0.3) is 0 Å². The lowest BCUT2D eigenvalue weighted by Crippen LogP contribution is -2.27. The molecule has 0 aliphatic heterocycles. The number of rotatable bonds is 7. The first-order chi connectivity index (χ1) is 6.45. The number of thioether (sulfide) groups is 1. The zero-order chi connectivity index (χ0) is 11.0. The average molecular weight is 238 g/mol. The van der Waals surface area contributed by atoms with E-state index in [2.05, 4.69) is 32.3 Å². The van der Waals surface area contributed by atoms with E-state index >= 15 is 0 Å². The molecule has 0 bridgehead atoms. The van der Waals surface area contributed by atoms with Crippen molar-refractivity contribution in [1.29, 1.82) is 0 Å². The Morgan fingerprint density at radius 2 is 2.00 bits per heavy atom. The van der Waals surface area contributed by atoms with E-state index < -0.39 is 0 Å². The molecule has 3 heteroatoms. The Morgan fingerprint density at radius 3 is 2.50 bits per heavy atom. The molecule has 0 heterocycles. The van der Waals surface area contributed by atoms with Crippen LogP contribution in [0.4, 0.5) is 0 Å². The zero-order valence-corrected chi connectivity index (χ0v) is 11.5. The topological polar surface area (TPSA) is 12.0 Å². The predicted octanol–water partition coefficient (Wildman–Crippen LogP) is 3.37. The van der Waals surface area contributed by atoms with Gasteiger partial charge in [-0.1, -0.05) is 20.8 Å². The second kappa shape index (κ2) is 7.84. The monoisotopic (exact) mass is 237 g/mol. The molecule has 1 N–H and O–H groups in total. The summed E-state index contributed by atoms with van der Waals surface area (Å²) in [7, 11) is 0. The van der Waals surface area contributed by atoms with Gasteiger partial charge in [-0.15, -0.1) is 11.6 Å². The maximum Gasteiger partial charge on any atom is 0.0465 e. The first-order valence-corrected chi connectivity index (χ1v) is 7.12. The van der Waals surface area contributed by atoms with Crippen LogP contribution in [0.3, 0.4) is 0 Å². The second-order valence-electron chi connectivity index (χ2n) is 4.91. The summed E-state index contributed by atoms with van der Waals surface area (Å²) in [6.45, 7) is 8.73. The van der Waals surface area contributed by atoms with E-state index in [1.165, 1.54) is 12.2 Å². The first-order valence-electron chi connectivity index (χ1n) is 5.29. The molecule has 0 aromatic rings. The van der Waals surface area contributed by atoms with Gasteiger partial charge in [0.2, 0.25) is 0 Å². The minimum atomic E-state index is 0.268. The minimum absolute atomic E-state index is 0.268. The van der Waals surface area contributed by atoms with Gasteiger partial charge in [-0.05, 0) is 36.8 Å². The van der Waals surface area contributed by atoms with Gasteiger partial charge in [-0.25, -0.2) is 0 Å². The number of hydrogen-bond donors (Lipinski definition) is 1. The van der Waals surface area contributed by atoms with Gasteiger partial charge >= 0.3 is 0 Å². The molecule has 1 atom stereocenters. The summed E-state index contributed by atoms with van der Waals surface area (Å²) in [5, 5.41) is 3.67. The molecule has 0 spiro atoms. The van der Waals surface area contributed by atoms with E-state index in [0.717, 1.165) is 19.5 Å². The summed E-state index contributed by atoms with van der Waals surface area (Å²) in [4.78, 5) is 0. The summed E-state index contributed by atoms with van der Waals surface area (Å²) in [5.41, 5.74) is 0.341. The summed E-state index contributed by atoms with van der Waals surface area (Å²) in [6.07, 6.45) is 4.45. The zero-order valence-electron chi connectivity index (χ0n) is 9.90. The number of hydrogen-bond acceptors (Lipinski definition) is 2. The van der Waals surface area contributed by atoms with Crippen molar-refractivity contribution in [2.45, 2.75) is 39.0 Å². The molecule has 0 aliphatic carbocycles. The second-order valence-corrected chi connectivity index (χ2v) is 6.52. The lowest BCUT2D eigenvalue weighted by molar-refractivity contribution is 0.365. The number of halogens is 1. The Morgan fingerprint density at radius 1 is 1.36 bits per heavy atom. The molecular formula is C11H24ClNS.